The van der Waals surface area contributed by atoms with Crippen molar-refractivity contribution < 1.29 is 4.74 Å². The van der Waals surface area contributed by atoms with Crippen LogP contribution in [0.5, 0.6) is 0 Å². The Bertz CT molecular complexity index is 112. The van der Waals surface area contributed by atoms with Crippen molar-refractivity contribution in [2.24, 2.45) is 5.92 Å². The first-order valence-corrected chi connectivity index (χ1v) is 5.23. The number of ether oxygens (including phenoxy) is 1. The van der Waals surface area contributed by atoms with Crippen molar-refractivity contribution in [2.75, 3.05) is 6.61 Å². The van der Waals surface area contributed by atoms with Gasteiger partial charge in [-0.1, -0.05) is 46.5 Å². The standard InChI is InChI=1S/C8H18.C3H5NO/c1-4-6-8(3)7-5-2;1-2-5-3-4/h8H,4-7H2,1-3H3;2H2,1H3. The molecule has 0 spiro atoms. The molecule has 0 fully saturated rings. The van der Waals surface area contributed by atoms with E-state index in [0.717, 1.165) is 5.92 Å². The van der Waals surface area contributed by atoms with Gasteiger partial charge in [-0.05, 0) is 12.8 Å². The van der Waals surface area contributed by atoms with Crippen molar-refractivity contribution in [1.82, 2.24) is 0 Å². The molecule has 78 valence electrons. The average Bonchev–Trinajstić information content (AvgIpc) is 2.08. The maximum absolute atomic E-state index is 7.59. The first kappa shape index (κ1) is 14.8. The van der Waals surface area contributed by atoms with E-state index in [9.17, 15) is 0 Å². The van der Waals surface area contributed by atoms with Gasteiger partial charge in [-0.2, -0.15) is 5.26 Å². The largest absolute Gasteiger partial charge is 0.428 e. The van der Waals surface area contributed by atoms with E-state index in [4.69, 9.17) is 5.26 Å². The lowest BCUT2D eigenvalue weighted by molar-refractivity contribution is 0.291. The molecule has 0 bridgehead atoms. The highest BCUT2D eigenvalue weighted by atomic mass is 16.5. The second kappa shape index (κ2) is 13.9. The van der Waals surface area contributed by atoms with Crippen molar-refractivity contribution in [3.05, 3.63) is 0 Å². The number of hydrogen-bond acceptors (Lipinski definition) is 2. The molecular formula is C11H23NO. The third-order valence-electron chi connectivity index (χ3n) is 1.77. The van der Waals surface area contributed by atoms with Crippen LogP contribution in [0.4, 0.5) is 0 Å². The Morgan fingerprint density at radius 1 is 1.15 bits per heavy atom. The molecule has 0 aromatic carbocycles. The summed E-state index contributed by atoms with van der Waals surface area (Å²) in [7, 11) is 0. The molecule has 0 aliphatic carbocycles. The Morgan fingerprint density at radius 3 is 1.77 bits per heavy atom. The Morgan fingerprint density at radius 2 is 1.62 bits per heavy atom. The van der Waals surface area contributed by atoms with Crippen LogP contribution in [0.25, 0.3) is 0 Å². The molecule has 0 saturated carbocycles. The highest BCUT2D eigenvalue weighted by Crippen LogP contribution is 2.10. The zero-order valence-electron chi connectivity index (χ0n) is 9.47. The molecule has 2 heteroatoms. The minimum atomic E-state index is 0.483. The third-order valence-corrected chi connectivity index (χ3v) is 1.77. The molecule has 0 radical (unpaired) electrons. The van der Waals surface area contributed by atoms with Gasteiger partial charge in [0, 0.05) is 0 Å². The van der Waals surface area contributed by atoms with Crippen LogP contribution in [-0.2, 0) is 4.74 Å². The summed E-state index contributed by atoms with van der Waals surface area (Å²) in [4.78, 5) is 0. The van der Waals surface area contributed by atoms with E-state index in [2.05, 4.69) is 25.5 Å². The summed E-state index contributed by atoms with van der Waals surface area (Å²) in [5, 5.41) is 7.59. The van der Waals surface area contributed by atoms with Crippen LogP contribution in [0, 0.1) is 17.4 Å². The molecule has 13 heavy (non-hydrogen) atoms. The van der Waals surface area contributed by atoms with Crippen LogP contribution >= 0.6 is 0 Å². The highest BCUT2D eigenvalue weighted by Gasteiger charge is 1.95. The van der Waals surface area contributed by atoms with Crippen LogP contribution in [0.1, 0.15) is 53.4 Å². The van der Waals surface area contributed by atoms with Gasteiger partial charge in [-0.15, -0.1) is 0 Å². The molecule has 0 rings (SSSR count). The summed E-state index contributed by atoms with van der Waals surface area (Å²) >= 11 is 0. The van der Waals surface area contributed by atoms with Crippen molar-refractivity contribution in [3.8, 4) is 6.26 Å². The summed E-state index contributed by atoms with van der Waals surface area (Å²) in [6.07, 6.45) is 7.04. The Balaban J connectivity index is 0. The fourth-order valence-corrected chi connectivity index (χ4v) is 1.19. The monoisotopic (exact) mass is 185 g/mol. The summed E-state index contributed by atoms with van der Waals surface area (Å²) in [6.45, 7) is 9.10. The molecule has 0 atom stereocenters. The zero-order chi connectivity index (χ0) is 10.5. The van der Waals surface area contributed by atoms with E-state index in [1.807, 2.05) is 0 Å². The molecule has 0 unspecified atom stereocenters. The predicted octanol–water partition coefficient (Wildman–Crippen LogP) is 3.73. The molecule has 0 saturated heterocycles. The number of nitrogens with zero attached hydrogens (tertiary/aromatic N) is 1. The lowest BCUT2D eigenvalue weighted by Gasteiger charge is -2.05. The van der Waals surface area contributed by atoms with Crippen molar-refractivity contribution >= 4 is 0 Å². The van der Waals surface area contributed by atoms with Gasteiger partial charge in [0.2, 0.25) is 0 Å². The fourth-order valence-electron chi connectivity index (χ4n) is 1.19. The minimum absolute atomic E-state index is 0.483. The van der Waals surface area contributed by atoms with E-state index in [1.54, 1.807) is 6.92 Å². The van der Waals surface area contributed by atoms with E-state index in [0.29, 0.717) is 6.61 Å². The molecule has 0 amide bonds. The number of nitriles is 1. The van der Waals surface area contributed by atoms with Crippen molar-refractivity contribution in [3.63, 3.8) is 0 Å². The molecule has 0 aromatic rings. The SMILES string of the molecule is CCCC(C)CCC.CCOC#N. The normalized spacial score (nSPS) is 8.62. The topological polar surface area (TPSA) is 33.0 Å². The maximum atomic E-state index is 7.59. The molecule has 0 aliphatic rings. The first-order valence-electron chi connectivity index (χ1n) is 5.23. The van der Waals surface area contributed by atoms with Gasteiger partial charge in [0.25, 0.3) is 6.26 Å². The molecule has 2 nitrogen and oxygen atoms in total. The smallest absolute Gasteiger partial charge is 0.286 e. The van der Waals surface area contributed by atoms with Crippen LogP contribution in [0.15, 0.2) is 0 Å². The van der Waals surface area contributed by atoms with E-state index >= 15 is 0 Å². The van der Waals surface area contributed by atoms with Crippen LogP contribution < -0.4 is 0 Å². The summed E-state index contributed by atoms with van der Waals surface area (Å²) in [6, 6.07) is 0. The lowest BCUT2D eigenvalue weighted by atomic mass is 10.0. The van der Waals surface area contributed by atoms with Crippen LogP contribution in [-0.4, -0.2) is 6.61 Å². The van der Waals surface area contributed by atoms with E-state index < -0.39 is 0 Å². The van der Waals surface area contributed by atoms with Crippen molar-refractivity contribution in [1.29, 1.82) is 5.26 Å². The Kier molecular flexibility index (Phi) is 15.8. The summed E-state index contributed by atoms with van der Waals surface area (Å²) in [5.41, 5.74) is 0. The fraction of sp³-hybridized carbons (Fsp3) is 0.909. The van der Waals surface area contributed by atoms with Gasteiger partial charge < -0.3 is 4.74 Å². The second-order valence-corrected chi connectivity index (χ2v) is 3.21. The second-order valence-electron chi connectivity index (χ2n) is 3.21. The van der Waals surface area contributed by atoms with Gasteiger partial charge in [-0.3, -0.25) is 0 Å². The Labute approximate surface area is 82.9 Å². The average molecular weight is 185 g/mol. The van der Waals surface area contributed by atoms with Crippen molar-refractivity contribution in [2.45, 2.75) is 53.4 Å². The van der Waals surface area contributed by atoms with Gasteiger partial charge in [0.05, 0.1) is 6.61 Å². The molecular weight excluding hydrogens is 162 g/mol. The lowest BCUT2D eigenvalue weighted by Crippen LogP contribution is -1.91. The maximum Gasteiger partial charge on any atom is 0.286 e. The number of hydrogen-bond donors (Lipinski definition) is 0. The zero-order valence-corrected chi connectivity index (χ0v) is 9.47. The molecule has 0 heterocycles. The number of rotatable bonds is 5. The summed E-state index contributed by atoms with van der Waals surface area (Å²) in [5.74, 6) is 0.963. The minimum Gasteiger partial charge on any atom is -0.428 e. The van der Waals surface area contributed by atoms with Gasteiger partial charge in [0.15, 0.2) is 0 Å². The molecule has 0 aliphatic heterocycles. The van der Waals surface area contributed by atoms with Gasteiger partial charge in [0.1, 0.15) is 0 Å². The first-order chi connectivity index (χ1) is 6.22. The van der Waals surface area contributed by atoms with Crippen LogP contribution in [0.3, 0.4) is 0 Å². The van der Waals surface area contributed by atoms with E-state index in [-0.39, 0.29) is 0 Å². The third kappa shape index (κ3) is 18.3. The van der Waals surface area contributed by atoms with E-state index in [1.165, 1.54) is 31.9 Å². The van der Waals surface area contributed by atoms with Gasteiger partial charge >= 0.3 is 0 Å². The van der Waals surface area contributed by atoms with Crippen LogP contribution in [0.2, 0.25) is 0 Å². The van der Waals surface area contributed by atoms with Gasteiger partial charge in [-0.25, -0.2) is 0 Å². The Hall–Kier alpha value is -0.710. The molecule has 0 N–H and O–H groups in total. The summed E-state index contributed by atoms with van der Waals surface area (Å²) < 4.78 is 4.14. The quantitative estimate of drug-likeness (QED) is 0.611. The predicted molar refractivity (Wildman–Crippen MR) is 56.2 cm³/mol. The highest BCUT2D eigenvalue weighted by molar-refractivity contribution is 4.48. The molecule has 0 aromatic heterocycles.